The molecule has 1 aliphatic carbocycles. The molecule has 1 atom stereocenters. The highest BCUT2D eigenvalue weighted by atomic mass is 16.2. The van der Waals surface area contributed by atoms with Crippen molar-refractivity contribution in [1.29, 1.82) is 0 Å². The van der Waals surface area contributed by atoms with Crippen molar-refractivity contribution in [3.63, 3.8) is 0 Å². The molecule has 0 aromatic carbocycles. The number of nitrogens with zero attached hydrogens (tertiary/aromatic N) is 1. The van der Waals surface area contributed by atoms with Crippen LogP contribution in [-0.4, -0.2) is 49.1 Å². The summed E-state index contributed by atoms with van der Waals surface area (Å²) in [7, 11) is 0. The standard InChI is InChI=1S/C12H21N3O/c16-12(14-10-1-2-10)7-13-11-8-15-5-3-9(11)4-6-15/h9-11,13H,1-8H2,(H,14,16). The largest absolute Gasteiger partial charge is 0.352 e. The Morgan fingerprint density at radius 3 is 2.50 bits per heavy atom. The molecule has 3 aliphatic heterocycles. The molecule has 4 fully saturated rings. The molecule has 1 unspecified atom stereocenters. The molecule has 16 heavy (non-hydrogen) atoms. The molecule has 2 N–H and O–H groups in total. The second-order valence-electron chi connectivity index (χ2n) is 5.47. The van der Waals surface area contributed by atoms with Crippen molar-refractivity contribution in [2.75, 3.05) is 26.2 Å². The van der Waals surface area contributed by atoms with E-state index in [2.05, 4.69) is 15.5 Å². The maximum absolute atomic E-state index is 11.6. The molecule has 3 heterocycles. The molecular weight excluding hydrogens is 202 g/mol. The Bertz CT molecular complexity index is 269. The highest BCUT2D eigenvalue weighted by molar-refractivity contribution is 5.78. The fourth-order valence-corrected chi connectivity index (χ4v) is 2.93. The first-order chi connectivity index (χ1) is 7.81. The average Bonchev–Trinajstić information content (AvgIpc) is 3.12. The molecule has 0 aromatic heterocycles. The fraction of sp³-hybridized carbons (Fsp3) is 0.917. The van der Waals surface area contributed by atoms with Crippen LogP contribution in [0, 0.1) is 5.92 Å². The van der Waals surface area contributed by atoms with Gasteiger partial charge >= 0.3 is 0 Å². The summed E-state index contributed by atoms with van der Waals surface area (Å²) in [5.41, 5.74) is 0. The molecule has 0 spiro atoms. The molecule has 3 saturated heterocycles. The van der Waals surface area contributed by atoms with Crippen molar-refractivity contribution in [2.24, 2.45) is 5.92 Å². The van der Waals surface area contributed by atoms with Crippen LogP contribution in [0.5, 0.6) is 0 Å². The van der Waals surface area contributed by atoms with Gasteiger partial charge in [0.25, 0.3) is 0 Å². The van der Waals surface area contributed by atoms with Gasteiger partial charge in [0.2, 0.25) is 5.91 Å². The summed E-state index contributed by atoms with van der Waals surface area (Å²) in [5, 5.41) is 6.45. The molecule has 1 saturated carbocycles. The van der Waals surface area contributed by atoms with Crippen molar-refractivity contribution in [2.45, 2.75) is 37.8 Å². The van der Waals surface area contributed by atoms with Crippen LogP contribution in [0.4, 0.5) is 0 Å². The highest BCUT2D eigenvalue weighted by Gasteiger charge is 2.34. The zero-order chi connectivity index (χ0) is 11.0. The van der Waals surface area contributed by atoms with Crippen LogP contribution in [0.1, 0.15) is 25.7 Å². The van der Waals surface area contributed by atoms with E-state index in [1.54, 1.807) is 0 Å². The Labute approximate surface area is 96.8 Å². The van der Waals surface area contributed by atoms with Gasteiger partial charge in [0.05, 0.1) is 6.54 Å². The molecule has 4 aliphatic rings. The SMILES string of the molecule is O=C(CNC1CN2CCC1CC2)NC1CC1. The minimum atomic E-state index is 0.180. The van der Waals surface area contributed by atoms with Crippen molar-refractivity contribution in [3.05, 3.63) is 0 Å². The van der Waals surface area contributed by atoms with E-state index in [9.17, 15) is 4.79 Å². The summed E-state index contributed by atoms with van der Waals surface area (Å²) in [6.45, 7) is 4.17. The second kappa shape index (κ2) is 4.34. The van der Waals surface area contributed by atoms with Crippen molar-refractivity contribution in [3.8, 4) is 0 Å². The highest BCUT2D eigenvalue weighted by Crippen LogP contribution is 2.27. The summed E-state index contributed by atoms with van der Waals surface area (Å²) in [4.78, 5) is 14.1. The van der Waals surface area contributed by atoms with Crippen molar-refractivity contribution >= 4 is 5.91 Å². The van der Waals surface area contributed by atoms with Gasteiger partial charge in [-0.2, -0.15) is 0 Å². The van der Waals surface area contributed by atoms with Crippen LogP contribution in [0.15, 0.2) is 0 Å². The zero-order valence-electron chi connectivity index (χ0n) is 9.74. The molecule has 0 radical (unpaired) electrons. The summed E-state index contributed by atoms with van der Waals surface area (Å²) in [6, 6.07) is 1.04. The van der Waals surface area contributed by atoms with E-state index in [1.165, 1.54) is 38.8 Å². The Hall–Kier alpha value is -0.610. The Balaban J connectivity index is 1.42. The van der Waals surface area contributed by atoms with Crippen LogP contribution >= 0.6 is 0 Å². The Morgan fingerprint density at radius 2 is 1.94 bits per heavy atom. The van der Waals surface area contributed by atoms with Crippen LogP contribution in [-0.2, 0) is 4.79 Å². The van der Waals surface area contributed by atoms with Gasteiger partial charge in [-0.15, -0.1) is 0 Å². The zero-order valence-corrected chi connectivity index (χ0v) is 9.74. The van der Waals surface area contributed by atoms with Gasteiger partial charge in [-0.3, -0.25) is 4.79 Å². The predicted molar refractivity (Wildman–Crippen MR) is 62.1 cm³/mol. The first-order valence-electron chi connectivity index (χ1n) is 6.56. The van der Waals surface area contributed by atoms with Gasteiger partial charge in [0.15, 0.2) is 0 Å². The monoisotopic (exact) mass is 223 g/mol. The number of piperidine rings is 3. The molecule has 90 valence electrons. The van der Waals surface area contributed by atoms with Crippen LogP contribution < -0.4 is 10.6 Å². The number of carbonyl (C=O) groups is 1. The fourth-order valence-electron chi connectivity index (χ4n) is 2.93. The minimum Gasteiger partial charge on any atom is -0.352 e. The Kier molecular flexibility index (Phi) is 2.86. The summed E-state index contributed by atoms with van der Waals surface area (Å²) in [6.07, 6.45) is 4.96. The van der Waals surface area contributed by atoms with Gasteiger partial charge in [0, 0.05) is 18.6 Å². The van der Waals surface area contributed by atoms with E-state index in [-0.39, 0.29) is 5.91 Å². The van der Waals surface area contributed by atoms with Gasteiger partial charge in [-0.25, -0.2) is 0 Å². The number of rotatable bonds is 4. The van der Waals surface area contributed by atoms with Gasteiger partial charge < -0.3 is 15.5 Å². The van der Waals surface area contributed by atoms with Crippen LogP contribution in [0.2, 0.25) is 0 Å². The molecule has 4 nitrogen and oxygen atoms in total. The van der Waals surface area contributed by atoms with Crippen molar-refractivity contribution in [1.82, 2.24) is 15.5 Å². The van der Waals surface area contributed by atoms with Gasteiger partial charge in [-0.05, 0) is 44.7 Å². The van der Waals surface area contributed by atoms with E-state index in [0.717, 1.165) is 12.5 Å². The topological polar surface area (TPSA) is 44.4 Å². The van der Waals surface area contributed by atoms with E-state index in [4.69, 9.17) is 0 Å². The van der Waals surface area contributed by atoms with E-state index in [1.807, 2.05) is 0 Å². The third-order valence-corrected chi connectivity index (χ3v) is 4.12. The smallest absolute Gasteiger partial charge is 0.234 e. The first-order valence-corrected chi connectivity index (χ1v) is 6.56. The van der Waals surface area contributed by atoms with Gasteiger partial charge in [-0.1, -0.05) is 0 Å². The first kappa shape index (κ1) is 10.5. The van der Waals surface area contributed by atoms with Crippen LogP contribution in [0.25, 0.3) is 0 Å². The molecule has 2 bridgehead atoms. The van der Waals surface area contributed by atoms with E-state index in [0.29, 0.717) is 18.6 Å². The summed E-state index contributed by atoms with van der Waals surface area (Å²) < 4.78 is 0. The molecule has 4 heteroatoms. The number of nitrogens with one attached hydrogen (secondary N) is 2. The predicted octanol–water partition coefficient (Wildman–Crippen LogP) is -0.0512. The van der Waals surface area contributed by atoms with Gasteiger partial charge in [0.1, 0.15) is 0 Å². The van der Waals surface area contributed by atoms with E-state index >= 15 is 0 Å². The summed E-state index contributed by atoms with van der Waals surface area (Å²) in [5.74, 6) is 0.984. The Morgan fingerprint density at radius 1 is 1.19 bits per heavy atom. The van der Waals surface area contributed by atoms with E-state index < -0.39 is 0 Å². The maximum Gasteiger partial charge on any atom is 0.234 e. The normalized spacial score (nSPS) is 37.4. The molecular formula is C12H21N3O. The van der Waals surface area contributed by atoms with Crippen LogP contribution in [0.3, 0.4) is 0 Å². The number of hydrogen-bond donors (Lipinski definition) is 2. The lowest BCUT2D eigenvalue weighted by atomic mass is 9.84. The third-order valence-electron chi connectivity index (χ3n) is 4.12. The number of carbonyl (C=O) groups excluding carboxylic acids is 1. The number of amides is 1. The second-order valence-corrected chi connectivity index (χ2v) is 5.47. The maximum atomic E-state index is 11.6. The van der Waals surface area contributed by atoms with Crippen molar-refractivity contribution < 1.29 is 4.79 Å². The molecule has 1 amide bonds. The molecule has 4 rings (SSSR count). The number of fused-ring (bicyclic) bond motifs is 3. The third kappa shape index (κ3) is 2.38. The average molecular weight is 223 g/mol. The lowest BCUT2D eigenvalue weighted by Gasteiger charge is -2.45. The molecule has 0 aromatic rings. The number of hydrogen-bond acceptors (Lipinski definition) is 3. The summed E-state index contributed by atoms with van der Waals surface area (Å²) >= 11 is 0. The lowest BCUT2D eigenvalue weighted by Crippen LogP contribution is -2.57. The lowest BCUT2D eigenvalue weighted by molar-refractivity contribution is -0.120. The minimum absolute atomic E-state index is 0.180. The quantitative estimate of drug-likeness (QED) is 0.702.